The Morgan fingerprint density at radius 3 is 2.33 bits per heavy atom. The number of hydrogen-bond acceptors (Lipinski definition) is 4. The molecule has 0 radical (unpaired) electrons. The standard InChI is InChI=1S/C11H13FO4S2/c1-11(2,10(13)14)17-9-5-4-7(6-8(9)12)18(3,15)16/h4-6H,1-3H3,(H,13,14). The van der Waals surface area contributed by atoms with E-state index in [0.717, 1.165) is 24.1 Å². The molecule has 1 rings (SSSR count). The van der Waals surface area contributed by atoms with Crippen molar-refractivity contribution in [2.75, 3.05) is 6.26 Å². The van der Waals surface area contributed by atoms with E-state index in [1.54, 1.807) is 0 Å². The summed E-state index contributed by atoms with van der Waals surface area (Å²) in [4.78, 5) is 10.9. The molecule has 0 atom stereocenters. The molecule has 0 fully saturated rings. The minimum Gasteiger partial charge on any atom is -0.480 e. The van der Waals surface area contributed by atoms with E-state index in [4.69, 9.17) is 5.11 Å². The van der Waals surface area contributed by atoms with Crippen molar-refractivity contribution in [3.63, 3.8) is 0 Å². The van der Waals surface area contributed by atoms with E-state index < -0.39 is 26.4 Å². The fourth-order valence-electron chi connectivity index (χ4n) is 1.11. The van der Waals surface area contributed by atoms with Gasteiger partial charge in [0.15, 0.2) is 9.84 Å². The molecule has 1 N–H and O–H groups in total. The lowest BCUT2D eigenvalue weighted by molar-refractivity contribution is -0.138. The van der Waals surface area contributed by atoms with Crippen molar-refractivity contribution < 1.29 is 22.7 Å². The zero-order valence-corrected chi connectivity index (χ0v) is 11.7. The van der Waals surface area contributed by atoms with Gasteiger partial charge >= 0.3 is 5.97 Å². The molecule has 0 spiro atoms. The highest BCUT2D eigenvalue weighted by molar-refractivity contribution is 8.01. The number of sulfone groups is 1. The predicted octanol–water partition coefficient (Wildman–Crippen LogP) is 2.18. The van der Waals surface area contributed by atoms with Crippen LogP contribution in [0.25, 0.3) is 0 Å². The van der Waals surface area contributed by atoms with Crippen LogP contribution >= 0.6 is 11.8 Å². The van der Waals surface area contributed by atoms with Crippen molar-refractivity contribution >= 4 is 27.6 Å². The first kappa shape index (κ1) is 15.0. The summed E-state index contributed by atoms with van der Waals surface area (Å²) in [5.74, 6) is -1.81. The average Bonchev–Trinajstić information content (AvgIpc) is 2.19. The summed E-state index contributed by atoms with van der Waals surface area (Å²) in [6.07, 6.45) is 0.982. The Balaban J connectivity index is 3.12. The number of carboxylic acid groups (broad SMARTS) is 1. The largest absolute Gasteiger partial charge is 0.480 e. The Morgan fingerprint density at radius 2 is 1.94 bits per heavy atom. The second kappa shape index (κ2) is 4.89. The van der Waals surface area contributed by atoms with Crippen molar-refractivity contribution in [3.8, 4) is 0 Å². The average molecular weight is 292 g/mol. The van der Waals surface area contributed by atoms with Crippen LogP contribution in [0, 0.1) is 5.82 Å². The number of carboxylic acids is 1. The molecule has 1 aromatic carbocycles. The monoisotopic (exact) mass is 292 g/mol. The predicted molar refractivity (Wildman–Crippen MR) is 67.1 cm³/mol. The molecular weight excluding hydrogens is 279 g/mol. The summed E-state index contributed by atoms with van der Waals surface area (Å²) in [6.45, 7) is 2.90. The quantitative estimate of drug-likeness (QED) is 0.861. The number of rotatable bonds is 4. The van der Waals surface area contributed by atoms with Crippen molar-refractivity contribution in [2.45, 2.75) is 28.4 Å². The molecule has 100 valence electrons. The van der Waals surface area contributed by atoms with Gasteiger partial charge in [-0.05, 0) is 32.0 Å². The second-order valence-electron chi connectivity index (χ2n) is 4.28. The van der Waals surface area contributed by atoms with Gasteiger partial charge in [-0.1, -0.05) is 0 Å². The van der Waals surface area contributed by atoms with Gasteiger partial charge in [-0.3, -0.25) is 4.79 Å². The second-order valence-corrected chi connectivity index (χ2v) is 7.96. The number of thioether (sulfide) groups is 1. The van der Waals surface area contributed by atoms with Crippen molar-refractivity contribution in [1.82, 2.24) is 0 Å². The molecule has 1 aromatic rings. The highest BCUT2D eigenvalue weighted by atomic mass is 32.2. The lowest BCUT2D eigenvalue weighted by atomic mass is 10.2. The van der Waals surface area contributed by atoms with Crippen LogP contribution in [0.1, 0.15) is 13.8 Å². The van der Waals surface area contributed by atoms with Gasteiger partial charge in [0.25, 0.3) is 0 Å². The minimum atomic E-state index is -3.47. The van der Waals surface area contributed by atoms with Crippen LogP contribution in [0.3, 0.4) is 0 Å². The van der Waals surface area contributed by atoms with E-state index in [-0.39, 0.29) is 9.79 Å². The van der Waals surface area contributed by atoms with Crippen LogP contribution in [0.4, 0.5) is 4.39 Å². The molecule has 4 nitrogen and oxygen atoms in total. The fourth-order valence-corrected chi connectivity index (χ4v) is 2.68. The number of aliphatic carboxylic acids is 1. The van der Waals surface area contributed by atoms with E-state index in [0.29, 0.717) is 0 Å². The van der Waals surface area contributed by atoms with Crippen LogP contribution in [0.5, 0.6) is 0 Å². The highest BCUT2D eigenvalue weighted by Crippen LogP contribution is 2.35. The molecule has 0 aliphatic carbocycles. The van der Waals surface area contributed by atoms with E-state index in [1.165, 1.54) is 26.0 Å². The van der Waals surface area contributed by atoms with Gasteiger partial charge in [-0.2, -0.15) is 0 Å². The van der Waals surface area contributed by atoms with Crippen molar-refractivity contribution in [1.29, 1.82) is 0 Å². The maximum atomic E-state index is 13.7. The van der Waals surface area contributed by atoms with E-state index in [2.05, 4.69) is 0 Å². The van der Waals surface area contributed by atoms with Crippen LogP contribution in [0.2, 0.25) is 0 Å². The molecule has 0 bridgehead atoms. The Morgan fingerprint density at radius 1 is 1.39 bits per heavy atom. The first-order valence-corrected chi connectivity index (χ1v) is 7.67. The normalized spacial score (nSPS) is 12.4. The lowest BCUT2D eigenvalue weighted by Gasteiger charge is -2.18. The first-order chi connectivity index (χ1) is 8.04. The molecule has 7 heteroatoms. The smallest absolute Gasteiger partial charge is 0.319 e. The number of hydrogen-bond donors (Lipinski definition) is 1. The number of carbonyl (C=O) groups is 1. The van der Waals surface area contributed by atoms with E-state index >= 15 is 0 Å². The summed E-state index contributed by atoms with van der Waals surface area (Å²) in [5, 5.41) is 8.94. The first-order valence-electron chi connectivity index (χ1n) is 4.96. The van der Waals surface area contributed by atoms with Crippen LogP contribution < -0.4 is 0 Å². The van der Waals surface area contributed by atoms with Gasteiger partial charge in [0, 0.05) is 11.2 Å². The van der Waals surface area contributed by atoms with Gasteiger partial charge in [-0.25, -0.2) is 12.8 Å². The van der Waals surface area contributed by atoms with Crippen LogP contribution in [-0.2, 0) is 14.6 Å². The summed E-state index contributed by atoms with van der Waals surface area (Å²) < 4.78 is 35.0. The van der Waals surface area contributed by atoms with Crippen molar-refractivity contribution in [3.05, 3.63) is 24.0 Å². The Kier molecular flexibility index (Phi) is 4.07. The molecule has 0 aromatic heterocycles. The van der Waals surface area contributed by atoms with E-state index in [1.807, 2.05) is 0 Å². The third-order valence-electron chi connectivity index (χ3n) is 2.21. The zero-order chi connectivity index (χ0) is 14.1. The molecule has 0 aliphatic rings. The summed E-state index contributed by atoms with van der Waals surface area (Å²) in [6, 6.07) is 3.44. The molecule has 0 saturated carbocycles. The van der Waals surface area contributed by atoms with Gasteiger partial charge in [-0.15, -0.1) is 11.8 Å². The Hall–Kier alpha value is -1.08. The minimum absolute atomic E-state index is 0.106. The van der Waals surface area contributed by atoms with Gasteiger partial charge in [0.1, 0.15) is 10.6 Å². The van der Waals surface area contributed by atoms with Crippen molar-refractivity contribution in [2.24, 2.45) is 0 Å². The molecule has 0 heterocycles. The van der Waals surface area contributed by atoms with Crippen LogP contribution in [-0.4, -0.2) is 30.5 Å². The summed E-state index contributed by atoms with van der Waals surface area (Å²) >= 11 is 0.831. The Bertz CT molecular complexity index is 579. The summed E-state index contributed by atoms with van der Waals surface area (Å²) in [5.41, 5.74) is 0. The Labute approximate surface area is 109 Å². The SMILES string of the molecule is CC(C)(Sc1ccc(S(C)(=O)=O)cc1F)C(=O)O. The van der Waals surface area contributed by atoms with Gasteiger partial charge in [0.2, 0.25) is 0 Å². The third-order valence-corrected chi connectivity index (χ3v) is 4.56. The van der Waals surface area contributed by atoms with Crippen LogP contribution in [0.15, 0.2) is 28.0 Å². The third kappa shape index (κ3) is 3.46. The van der Waals surface area contributed by atoms with Gasteiger partial charge in [0.05, 0.1) is 4.90 Å². The highest BCUT2D eigenvalue weighted by Gasteiger charge is 2.29. The fraction of sp³-hybridized carbons (Fsp3) is 0.364. The van der Waals surface area contributed by atoms with E-state index in [9.17, 15) is 17.6 Å². The molecular formula is C11H13FO4S2. The molecule has 0 amide bonds. The molecule has 0 aliphatic heterocycles. The molecule has 0 unspecified atom stereocenters. The maximum absolute atomic E-state index is 13.7. The topological polar surface area (TPSA) is 71.4 Å². The maximum Gasteiger partial charge on any atom is 0.319 e. The van der Waals surface area contributed by atoms with Gasteiger partial charge < -0.3 is 5.11 Å². The summed E-state index contributed by atoms with van der Waals surface area (Å²) in [7, 11) is -3.47. The number of halogens is 1. The lowest BCUT2D eigenvalue weighted by Crippen LogP contribution is -2.27. The molecule has 0 saturated heterocycles. The zero-order valence-electron chi connectivity index (χ0n) is 10.1. The molecule has 18 heavy (non-hydrogen) atoms. The number of benzene rings is 1.